The Labute approximate surface area is 82.5 Å². The second kappa shape index (κ2) is 4.56. The highest BCUT2D eigenvalue weighted by Crippen LogP contribution is 2.15. The zero-order chi connectivity index (χ0) is 9.84. The molecule has 4 heteroatoms. The van der Waals surface area contributed by atoms with Gasteiger partial charge in [0.25, 0.3) is 0 Å². The summed E-state index contributed by atoms with van der Waals surface area (Å²) in [6, 6.07) is 1.54. The molecule has 1 heterocycles. The van der Waals surface area contributed by atoms with Crippen LogP contribution in [0.25, 0.3) is 0 Å². The summed E-state index contributed by atoms with van der Waals surface area (Å²) in [5.41, 5.74) is 6.40. The molecule has 72 valence electrons. The van der Waals surface area contributed by atoms with Crippen molar-refractivity contribution in [3.8, 4) is 0 Å². The molecule has 0 spiro atoms. The van der Waals surface area contributed by atoms with E-state index < -0.39 is 6.10 Å². The maximum atomic E-state index is 9.50. The first kappa shape index (κ1) is 10.4. The van der Waals surface area contributed by atoms with Gasteiger partial charge in [0.1, 0.15) is 0 Å². The minimum atomic E-state index is -0.556. The third-order valence-electron chi connectivity index (χ3n) is 1.89. The third-order valence-corrected chi connectivity index (χ3v) is 2.23. The van der Waals surface area contributed by atoms with Crippen molar-refractivity contribution in [2.75, 3.05) is 0 Å². The van der Waals surface area contributed by atoms with Gasteiger partial charge in [-0.15, -0.1) is 0 Å². The molecule has 2 atom stereocenters. The minimum Gasteiger partial charge on any atom is -0.391 e. The summed E-state index contributed by atoms with van der Waals surface area (Å²) in [5, 5.41) is 10.1. The molecule has 3 N–H and O–H groups in total. The molecule has 0 saturated heterocycles. The minimum absolute atomic E-state index is 0.246. The number of nitrogens with two attached hydrogens (primary N) is 1. The van der Waals surface area contributed by atoms with E-state index in [-0.39, 0.29) is 6.04 Å². The molecule has 3 nitrogen and oxygen atoms in total. The Balaban J connectivity index is 2.69. The van der Waals surface area contributed by atoms with Crippen LogP contribution in [-0.4, -0.2) is 22.2 Å². The molecule has 1 unspecified atom stereocenters. The van der Waals surface area contributed by atoms with Crippen LogP contribution in [0.3, 0.4) is 0 Å². The van der Waals surface area contributed by atoms with Crippen molar-refractivity contribution < 1.29 is 5.11 Å². The molecule has 1 rings (SSSR count). The van der Waals surface area contributed by atoms with Crippen molar-refractivity contribution in [3.63, 3.8) is 0 Å². The molecule has 0 saturated carbocycles. The predicted molar refractivity (Wildman–Crippen MR) is 52.6 cm³/mol. The maximum absolute atomic E-state index is 9.50. The number of rotatable bonds is 3. The van der Waals surface area contributed by atoms with Crippen molar-refractivity contribution in [2.45, 2.75) is 25.5 Å². The Hall–Kier alpha value is -0.640. The summed E-state index contributed by atoms with van der Waals surface area (Å²) in [6.07, 6.45) is 3.12. The summed E-state index contributed by atoms with van der Waals surface area (Å²) < 4.78 is 0. The smallest absolute Gasteiger partial charge is 0.0729 e. The molecular formula is C9H13ClN2O. The van der Waals surface area contributed by atoms with E-state index in [4.69, 9.17) is 17.3 Å². The van der Waals surface area contributed by atoms with Crippen molar-refractivity contribution >= 4 is 11.6 Å². The number of nitrogens with zero attached hydrogens (tertiary/aromatic N) is 1. The fourth-order valence-electron chi connectivity index (χ4n) is 0.981. The molecule has 0 aromatic carbocycles. The van der Waals surface area contributed by atoms with Gasteiger partial charge in [0.15, 0.2) is 0 Å². The first-order chi connectivity index (χ1) is 6.11. The molecule has 0 radical (unpaired) electrons. The van der Waals surface area contributed by atoms with Gasteiger partial charge in [-0.2, -0.15) is 0 Å². The van der Waals surface area contributed by atoms with Crippen LogP contribution < -0.4 is 5.73 Å². The molecule has 0 bridgehead atoms. The van der Waals surface area contributed by atoms with E-state index in [0.29, 0.717) is 11.4 Å². The first-order valence-electron chi connectivity index (χ1n) is 4.13. The van der Waals surface area contributed by atoms with Gasteiger partial charge in [0.05, 0.1) is 11.1 Å². The average Bonchev–Trinajstić information content (AvgIpc) is 2.08. The first-order valence-corrected chi connectivity index (χ1v) is 4.51. The van der Waals surface area contributed by atoms with E-state index in [0.717, 1.165) is 5.56 Å². The van der Waals surface area contributed by atoms with E-state index in [2.05, 4.69) is 4.98 Å². The normalized spacial score (nSPS) is 15.4. The van der Waals surface area contributed by atoms with Gasteiger partial charge in [-0.25, -0.2) is 0 Å². The number of halogens is 1. The van der Waals surface area contributed by atoms with Gasteiger partial charge in [0, 0.05) is 24.9 Å². The standard InChI is InChI=1S/C9H13ClN2O/c1-6(11)9(13)4-7-2-3-12-5-8(7)10/h2-3,5-6,9,13H,4,11H2,1H3/t6-,9?/m1/s1. The van der Waals surface area contributed by atoms with Crippen molar-refractivity contribution in [1.82, 2.24) is 4.98 Å². The number of hydrogen-bond acceptors (Lipinski definition) is 3. The highest BCUT2D eigenvalue weighted by atomic mass is 35.5. The summed E-state index contributed by atoms with van der Waals surface area (Å²) >= 11 is 5.86. The van der Waals surface area contributed by atoms with Crippen molar-refractivity contribution in [2.24, 2.45) is 5.73 Å². The van der Waals surface area contributed by atoms with E-state index in [9.17, 15) is 5.11 Å². The lowest BCUT2D eigenvalue weighted by Gasteiger charge is -2.14. The topological polar surface area (TPSA) is 59.1 Å². The Kier molecular flexibility index (Phi) is 3.66. The molecule has 13 heavy (non-hydrogen) atoms. The Morgan fingerprint density at radius 1 is 1.69 bits per heavy atom. The molecular weight excluding hydrogens is 188 g/mol. The van der Waals surface area contributed by atoms with Gasteiger partial charge in [-0.1, -0.05) is 11.6 Å². The van der Waals surface area contributed by atoms with Gasteiger partial charge in [0.2, 0.25) is 0 Å². The average molecular weight is 201 g/mol. The zero-order valence-electron chi connectivity index (χ0n) is 7.44. The number of aromatic nitrogens is 1. The lowest BCUT2D eigenvalue weighted by Crippen LogP contribution is -2.33. The van der Waals surface area contributed by atoms with Gasteiger partial charge < -0.3 is 10.8 Å². The quantitative estimate of drug-likeness (QED) is 0.765. The van der Waals surface area contributed by atoms with E-state index in [1.165, 1.54) is 0 Å². The van der Waals surface area contributed by atoms with Crippen LogP contribution in [-0.2, 0) is 6.42 Å². The predicted octanol–water partition coefficient (Wildman–Crippen LogP) is 0.986. The van der Waals surface area contributed by atoms with Crippen LogP contribution in [0.1, 0.15) is 12.5 Å². The monoisotopic (exact) mass is 200 g/mol. The van der Waals surface area contributed by atoms with Crippen LogP contribution in [0.4, 0.5) is 0 Å². The van der Waals surface area contributed by atoms with Crippen LogP contribution >= 0.6 is 11.6 Å². The molecule has 1 aromatic heterocycles. The summed E-state index contributed by atoms with van der Waals surface area (Å²) in [4.78, 5) is 3.85. The molecule has 0 amide bonds. The molecule has 0 aliphatic rings. The Bertz CT molecular complexity index is 278. The molecule has 0 aliphatic carbocycles. The maximum Gasteiger partial charge on any atom is 0.0729 e. The number of hydrogen-bond donors (Lipinski definition) is 2. The van der Waals surface area contributed by atoms with E-state index >= 15 is 0 Å². The number of aliphatic hydroxyl groups is 1. The summed E-state index contributed by atoms with van der Waals surface area (Å²) in [6.45, 7) is 1.76. The fourth-order valence-corrected chi connectivity index (χ4v) is 1.18. The molecule has 1 aromatic rings. The van der Waals surface area contributed by atoms with Crippen LogP contribution in [0.2, 0.25) is 5.02 Å². The summed E-state index contributed by atoms with van der Waals surface area (Å²) in [5.74, 6) is 0. The van der Waals surface area contributed by atoms with Crippen LogP contribution in [0.5, 0.6) is 0 Å². The molecule has 0 aliphatic heterocycles. The number of pyridine rings is 1. The highest BCUT2D eigenvalue weighted by Gasteiger charge is 2.11. The Morgan fingerprint density at radius 3 is 2.92 bits per heavy atom. The van der Waals surface area contributed by atoms with E-state index in [1.807, 2.05) is 0 Å². The third kappa shape index (κ3) is 2.95. The fraction of sp³-hybridized carbons (Fsp3) is 0.444. The molecule has 0 fully saturated rings. The highest BCUT2D eigenvalue weighted by molar-refractivity contribution is 6.31. The zero-order valence-corrected chi connectivity index (χ0v) is 8.20. The van der Waals surface area contributed by atoms with E-state index in [1.54, 1.807) is 25.4 Å². The van der Waals surface area contributed by atoms with Crippen LogP contribution in [0.15, 0.2) is 18.5 Å². The Morgan fingerprint density at radius 2 is 2.38 bits per heavy atom. The van der Waals surface area contributed by atoms with Crippen molar-refractivity contribution in [1.29, 1.82) is 0 Å². The second-order valence-electron chi connectivity index (χ2n) is 3.10. The summed E-state index contributed by atoms with van der Waals surface area (Å²) in [7, 11) is 0. The second-order valence-corrected chi connectivity index (χ2v) is 3.50. The number of aliphatic hydroxyl groups excluding tert-OH is 1. The largest absolute Gasteiger partial charge is 0.391 e. The van der Waals surface area contributed by atoms with Gasteiger partial charge in [-0.3, -0.25) is 4.98 Å². The van der Waals surface area contributed by atoms with Gasteiger partial charge >= 0.3 is 0 Å². The SMILES string of the molecule is C[C@@H](N)C(O)Cc1ccncc1Cl. The van der Waals surface area contributed by atoms with Crippen LogP contribution in [0, 0.1) is 0 Å². The van der Waals surface area contributed by atoms with Crippen molar-refractivity contribution in [3.05, 3.63) is 29.0 Å². The van der Waals surface area contributed by atoms with Gasteiger partial charge in [-0.05, 0) is 18.6 Å². The lowest BCUT2D eigenvalue weighted by atomic mass is 10.1. The lowest BCUT2D eigenvalue weighted by molar-refractivity contribution is 0.151.